The van der Waals surface area contributed by atoms with E-state index in [-0.39, 0.29) is 0 Å². The molecule has 1 saturated heterocycles. The Kier molecular flexibility index (Phi) is 5.81. The topological polar surface area (TPSA) is 49.0 Å². The number of hydrogen-bond acceptors (Lipinski definition) is 5. The third-order valence-corrected chi connectivity index (χ3v) is 4.05. The molecule has 3 rings (SSSR count). The summed E-state index contributed by atoms with van der Waals surface area (Å²) in [5, 5.41) is 3.27. The summed E-state index contributed by atoms with van der Waals surface area (Å²) < 4.78 is 22.6. The third-order valence-electron chi connectivity index (χ3n) is 4.05. The van der Waals surface area contributed by atoms with Crippen LogP contribution in [-0.4, -0.2) is 26.1 Å². The van der Waals surface area contributed by atoms with Crippen LogP contribution in [0.25, 0.3) is 0 Å². The van der Waals surface area contributed by atoms with Crippen molar-refractivity contribution in [3.8, 4) is 11.5 Å². The average Bonchev–Trinajstić information content (AvgIpc) is 2.66. The molecule has 5 nitrogen and oxygen atoms in total. The molecule has 0 amide bonds. The van der Waals surface area contributed by atoms with Crippen LogP contribution >= 0.6 is 0 Å². The van der Waals surface area contributed by atoms with E-state index in [0.29, 0.717) is 31.3 Å². The molecule has 0 aliphatic carbocycles. The van der Waals surface area contributed by atoms with E-state index in [4.69, 9.17) is 18.9 Å². The van der Waals surface area contributed by atoms with Crippen LogP contribution in [0, 0.1) is 0 Å². The highest BCUT2D eigenvalue weighted by Gasteiger charge is 2.24. The molecule has 138 valence electrons. The van der Waals surface area contributed by atoms with Gasteiger partial charge in [-0.1, -0.05) is 30.3 Å². The summed E-state index contributed by atoms with van der Waals surface area (Å²) in [6.07, 6.45) is 1.91. The highest BCUT2D eigenvalue weighted by atomic mass is 16.7. The number of hydrogen-bond donors (Lipinski definition) is 1. The highest BCUT2D eigenvalue weighted by Crippen LogP contribution is 2.31. The lowest BCUT2D eigenvalue weighted by atomic mass is 10.2. The molecular weight excluding hydrogens is 330 g/mol. The Hall–Kier alpha value is -2.50. The van der Waals surface area contributed by atoms with Crippen molar-refractivity contribution in [2.45, 2.75) is 26.2 Å². The lowest BCUT2D eigenvalue weighted by molar-refractivity contribution is -0.225. The molecule has 5 heteroatoms. The van der Waals surface area contributed by atoms with Gasteiger partial charge in [-0.25, -0.2) is 0 Å². The molecule has 1 aliphatic heterocycles. The maximum absolute atomic E-state index is 5.94. The first-order valence-corrected chi connectivity index (χ1v) is 8.63. The molecule has 0 unspecified atom stereocenters. The molecule has 0 spiro atoms. The summed E-state index contributed by atoms with van der Waals surface area (Å²) in [4.78, 5) is 0. The lowest BCUT2D eigenvalue weighted by Gasteiger charge is -2.31. The Balaban J connectivity index is 1.65. The standard InChI is InChI=1S/C21H25NO4/c1-21(2)25-14-17(15-26-21)12-22-18-9-10-19(23-3)20(11-18)24-13-16-7-5-4-6-8-16/h4-12,22H,13-15H2,1-3H3. The van der Waals surface area contributed by atoms with Gasteiger partial charge in [0.2, 0.25) is 0 Å². The van der Waals surface area contributed by atoms with E-state index in [1.807, 2.05) is 68.6 Å². The average molecular weight is 355 g/mol. The van der Waals surface area contributed by atoms with E-state index in [2.05, 4.69) is 5.32 Å². The van der Waals surface area contributed by atoms with Crippen LogP contribution in [-0.2, 0) is 16.1 Å². The summed E-state index contributed by atoms with van der Waals surface area (Å²) in [7, 11) is 1.64. The zero-order valence-corrected chi connectivity index (χ0v) is 15.5. The molecular formula is C21H25NO4. The smallest absolute Gasteiger partial charge is 0.163 e. The minimum absolute atomic E-state index is 0.485. The zero-order valence-electron chi connectivity index (χ0n) is 15.5. The van der Waals surface area contributed by atoms with Gasteiger partial charge in [-0.05, 0) is 37.1 Å². The molecule has 0 aromatic heterocycles. The van der Waals surface area contributed by atoms with Crippen LogP contribution in [0.1, 0.15) is 19.4 Å². The normalized spacial score (nSPS) is 16.0. The highest BCUT2D eigenvalue weighted by molar-refractivity contribution is 5.56. The van der Waals surface area contributed by atoms with Crippen LogP contribution < -0.4 is 14.8 Å². The van der Waals surface area contributed by atoms with Gasteiger partial charge < -0.3 is 24.3 Å². The van der Waals surface area contributed by atoms with E-state index >= 15 is 0 Å². The van der Waals surface area contributed by atoms with Crippen molar-refractivity contribution in [3.05, 3.63) is 65.9 Å². The Labute approximate surface area is 154 Å². The Bertz CT molecular complexity index is 744. The van der Waals surface area contributed by atoms with Crippen LogP contribution in [0.2, 0.25) is 0 Å². The van der Waals surface area contributed by atoms with Crippen molar-refractivity contribution >= 4 is 5.69 Å². The molecule has 1 N–H and O–H groups in total. The SMILES string of the molecule is COc1ccc(NC=C2COC(C)(C)OC2)cc1OCc1ccccc1. The lowest BCUT2D eigenvalue weighted by Crippen LogP contribution is -2.35. The Morgan fingerprint density at radius 3 is 2.46 bits per heavy atom. The molecule has 26 heavy (non-hydrogen) atoms. The fourth-order valence-corrected chi connectivity index (χ4v) is 2.50. The number of benzene rings is 2. The first-order valence-electron chi connectivity index (χ1n) is 8.63. The summed E-state index contributed by atoms with van der Waals surface area (Å²) in [6, 6.07) is 15.8. The van der Waals surface area contributed by atoms with Gasteiger partial charge in [-0.2, -0.15) is 0 Å². The van der Waals surface area contributed by atoms with Gasteiger partial charge in [-0.15, -0.1) is 0 Å². The van der Waals surface area contributed by atoms with Gasteiger partial charge in [0.25, 0.3) is 0 Å². The number of methoxy groups -OCH3 is 1. The van der Waals surface area contributed by atoms with Gasteiger partial charge >= 0.3 is 0 Å². The first-order chi connectivity index (χ1) is 12.6. The summed E-state index contributed by atoms with van der Waals surface area (Å²) in [5.41, 5.74) is 3.06. The van der Waals surface area contributed by atoms with Gasteiger partial charge in [0, 0.05) is 18.0 Å². The number of ether oxygens (including phenoxy) is 4. The predicted molar refractivity (Wildman–Crippen MR) is 101 cm³/mol. The molecule has 0 bridgehead atoms. The van der Waals surface area contributed by atoms with Crippen LogP contribution in [0.5, 0.6) is 11.5 Å². The number of nitrogens with one attached hydrogen (secondary N) is 1. The molecule has 2 aromatic rings. The third kappa shape index (κ3) is 5.00. The van der Waals surface area contributed by atoms with Crippen molar-refractivity contribution in [3.63, 3.8) is 0 Å². The monoisotopic (exact) mass is 355 g/mol. The van der Waals surface area contributed by atoms with Gasteiger partial charge in [-0.3, -0.25) is 0 Å². The first kappa shape index (κ1) is 18.3. The van der Waals surface area contributed by atoms with Gasteiger partial charge in [0.1, 0.15) is 6.61 Å². The number of anilines is 1. The largest absolute Gasteiger partial charge is 0.493 e. The van der Waals surface area contributed by atoms with E-state index in [9.17, 15) is 0 Å². The predicted octanol–water partition coefficient (Wildman–Crippen LogP) is 4.35. The molecule has 0 atom stereocenters. The van der Waals surface area contributed by atoms with Crippen LogP contribution in [0.3, 0.4) is 0 Å². The van der Waals surface area contributed by atoms with Gasteiger partial charge in [0.05, 0.1) is 20.3 Å². The van der Waals surface area contributed by atoms with E-state index < -0.39 is 5.79 Å². The second-order valence-electron chi connectivity index (χ2n) is 6.56. The van der Waals surface area contributed by atoms with Crippen molar-refractivity contribution in [1.29, 1.82) is 0 Å². The van der Waals surface area contributed by atoms with Crippen LogP contribution in [0.15, 0.2) is 60.3 Å². The maximum atomic E-state index is 5.94. The Morgan fingerprint density at radius 2 is 1.77 bits per heavy atom. The zero-order chi connectivity index (χ0) is 18.4. The van der Waals surface area contributed by atoms with E-state index in [1.165, 1.54) is 0 Å². The second kappa shape index (κ2) is 8.25. The second-order valence-corrected chi connectivity index (χ2v) is 6.56. The number of rotatable bonds is 6. The Morgan fingerprint density at radius 1 is 1.04 bits per heavy atom. The fraction of sp³-hybridized carbons (Fsp3) is 0.333. The summed E-state index contributed by atoms with van der Waals surface area (Å²) in [6.45, 7) is 5.41. The van der Waals surface area contributed by atoms with Crippen molar-refractivity contribution < 1.29 is 18.9 Å². The molecule has 2 aromatic carbocycles. The van der Waals surface area contributed by atoms with Gasteiger partial charge in [0.15, 0.2) is 17.3 Å². The van der Waals surface area contributed by atoms with Crippen molar-refractivity contribution in [2.75, 3.05) is 25.6 Å². The summed E-state index contributed by atoms with van der Waals surface area (Å²) in [5.74, 6) is 0.873. The molecule has 0 radical (unpaired) electrons. The minimum Gasteiger partial charge on any atom is -0.493 e. The summed E-state index contributed by atoms with van der Waals surface area (Å²) >= 11 is 0. The molecule has 0 saturated carbocycles. The minimum atomic E-state index is -0.518. The van der Waals surface area contributed by atoms with Crippen molar-refractivity contribution in [1.82, 2.24) is 0 Å². The molecule has 1 aliphatic rings. The van der Waals surface area contributed by atoms with E-state index in [0.717, 1.165) is 16.8 Å². The fourth-order valence-electron chi connectivity index (χ4n) is 2.50. The van der Waals surface area contributed by atoms with E-state index in [1.54, 1.807) is 7.11 Å². The maximum Gasteiger partial charge on any atom is 0.163 e. The molecule has 1 heterocycles. The van der Waals surface area contributed by atoms with Crippen LogP contribution in [0.4, 0.5) is 5.69 Å². The quantitative estimate of drug-likeness (QED) is 0.835. The molecule has 1 fully saturated rings. The van der Waals surface area contributed by atoms with Crippen molar-refractivity contribution in [2.24, 2.45) is 0 Å².